The first kappa shape index (κ1) is 22.8. The molecule has 0 aromatic carbocycles. The molecule has 0 bridgehead atoms. The van der Waals surface area contributed by atoms with Crippen molar-refractivity contribution >= 4 is 29.9 Å². The molecule has 1 aliphatic rings. The normalized spacial score (nSPS) is 18.8. The highest BCUT2D eigenvalue weighted by Crippen LogP contribution is 2.25. The van der Waals surface area contributed by atoms with E-state index in [1.165, 1.54) is 11.8 Å². The Morgan fingerprint density at radius 1 is 1.13 bits per heavy atom. The number of alkyl halides is 3. The van der Waals surface area contributed by atoms with E-state index in [9.17, 15) is 13.2 Å². The third kappa shape index (κ3) is 7.91. The number of hydrogen-bond acceptors (Lipinski definition) is 2. The van der Waals surface area contributed by atoms with Gasteiger partial charge in [0.1, 0.15) is 6.04 Å². The molecule has 23 heavy (non-hydrogen) atoms. The summed E-state index contributed by atoms with van der Waals surface area (Å²) in [6.07, 6.45) is -3.14. The van der Waals surface area contributed by atoms with E-state index in [0.717, 1.165) is 25.5 Å². The lowest BCUT2D eigenvalue weighted by atomic mass is 10.1. The molecule has 1 rings (SSSR count). The molecule has 0 aromatic heterocycles. The molecule has 1 atom stereocenters. The summed E-state index contributed by atoms with van der Waals surface area (Å²) >= 11 is 0. The minimum Gasteiger partial charge on any atom is -0.357 e. The maximum atomic E-state index is 12.8. The zero-order chi connectivity index (χ0) is 16.8. The van der Waals surface area contributed by atoms with Crippen LogP contribution in [0, 0.1) is 5.92 Å². The number of aliphatic imine (C=N–C) groups is 1. The van der Waals surface area contributed by atoms with Gasteiger partial charge < -0.3 is 10.2 Å². The Hall–Kier alpha value is -0.250. The minimum absolute atomic E-state index is 0. The molecule has 0 saturated carbocycles. The SMILES string of the molecule is CCNC(=NCCC(C)C)N1CCN(C(C)C(F)(F)F)CC1.I. The van der Waals surface area contributed by atoms with Gasteiger partial charge in [0, 0.05) is 39.3 Å². The van der Waals surface area contributed by atoms with Crippen molar-refractivity contribution in [3.8, 4) is 0 Å². The lowest BCUT2D eigenvalue weighted by Gasteiger charge is -2.39. The molecule has 0 spiro atoms. The molecule has 0 aliphatic carbocycles. The Morgan fingerprint density at radius 3 is 2.13 bits per heavy atom. The Kier molecular flexibility index (Phi) is 10.5. The molecule has 1 N–H and O–H groups in total. The predicted molar refractivity (Wildman–Crippen MR) is 99.5 cm³/mol. The van der Waals surface area contributed by atoms with Gasteiger partial charge in [-0.2, -0.15) is 13.2 Å². The van der Waals surface area contributed by atoms with Gasteiger partial charge in [-0.1, -0.05) is 13.8 Å². The van der Waals surface area contributed by atoms with E-state index in [1.54, 1.807) is 0 Å². The lowest BCUT2D eigenvalue weighted by molar-refractivity contribution is -0.181. The van der Waals surface area contributed by atoms with Crippen molar-refractivity contribution in [2.75, 3.05) is 39.3 Å². The summed E-state index contributed by atoms with van der Waals surface area (Å²) in [5.41, 5.74) is 0. The third-order valence-electron chi connectivity index (χ3n) is 3.94. The van der Waals surface area contributed by atoms with Crippen LogP contribution in [0.3, 0.4) is 0 Å². The molecule has 1 unspecified atom stereocenters. The topological polar surface area (TPSA) is 30.9 Å². The summed E-state index contributed by atoms with van der Waals surface area (Å²) in [4.78, 5) is 8.14. The highest BCUT2D eigenvalue weighted by molar-refractivity contribution is 14.0. The molecule has 0 amide bonds. The number of nitrogens with zero attached hydrogens (tertiary/aromatic N) is 3. The molecule has 1 aliphatic heterocycles. The highest BCUT2D eigenvalue weighted by atomic mass is 127. The van der Waals surface area contributed by atoms with Crippen molar-refractivity contribution in [2.24, 2.45) is 10.9 Å². The Balaban J connectivity index is 0.00000484. The lowest BCUT2D eigenvalue weighted by Crippen LogP contribution is -2.56. The van der Waals surface area contributed by atoms with E-state index >= 15 is 0 Å². The first-order valence-electron chi connectivity index (χ1n) is 8.09. The summed E-state index contributed by atoms with van der Waals surface area (Å²) < 4.78 is 38.3. The average Bonchev–Trinajstić information content (AvgIpc) is 2.44. The molecule has 138 valence electrons. The van der Waals surface area contributed by atoms with Gasteiger partial charge in [-0.15, -0.1) is 24.0 Å². The molecular formula is C15H30F3IN4. The van der Waals surface area contributed by atoms with Crippen LogP contribution >= 0.6 is 24.0 Å². The summed E-state index contributed by atoms with van der Waals surface area (Å²) in [7, 11) is 0. The zero-order valence-corrected chi connectivity index (χ0v) is 16.8. The van der Waals surface area contributed by atoms with Crippen LogP contribution in [0.15, 0.2) is 4.99 Å². The van der Waals surface area contributed by atoms with Crippen LogP contribution < -0.4 is 5.32 Å². The summed E-state index contributed by atoms with van der Waals surface area (Å²) in [6, 6.07) is -1.38. The van der Waals surface area contributed by atoms with Crippen molar-refractivity contribution in [1.29, 1.82) is 0 Å². The van der Waals surface area contributed by atoms with Gasteiger partial charge in [-0.25, -0.2) is 0 Å². The smallest absolute Gasteiger partial charge is 0.357 e. The van der Waals surface area contributed by atoms with Crippen molar-refractivity contribution in [3.63, 3.8) is 0 Å². The van der Waals surface area contributed by atoms with Crippen LogP contribution in [-0.4, -0.2) is 67.2 Å². The Morgan fingerprint density at radius 2 is 1.70 bits per heavy atom. The second kappa shape index (κ2) is 10.6. The molecule has 1 fully saturated rings. The van der Waals surface area contributed by atoms with Gasteiger partial charge in [-0.3, -0.25) is 9.89 Å². The zero-order valence-electron chi connectivity index (χ0n) is 14.5. The van der Waals surface area contributed by atoms with Gasteiger partial charge in [0.05, 0.1) is 0 Å². The van der Waals surface area contributed by atoms with Gasteiger partial charge in [0.15, 0.2) is 5.96 Å². The van der Waals surface area contributed by atoms with E-state index in [4.69, 9.17) is 0 Å². The van der Waals surface area contributed by atoms with Crippen molar-refractivity contribution in [3.05, 3.63) is 0 Å². The average molecular weight is 450 g/mol. The fourth-order valence-electron chi connectivity index (χ4n) is 2.38. The van der Waals surface area contributed by atoms with Crippen molar-refractivity contribution in [2.45, 2.75) is 46.3 Å². The van der Waals surface area contributed by atoms with Crippen molar-refractivity contribution < 1.29 is 13.2 Å². The Labute approximate surface area is 154 Å². The maximum Gasteiger partial charge on any atom is 0.403 e. The van der Waals surface area contributed by atoms with Crippen LogP contribution in [0.2, 0.25) is 0 Å². The number of hydrogen-bond donors (Lipinski definition) is 1. The van der Waals surface area contributed by atoms with Gasteiger partial charge in [0.25, 0.3) is 0 Å². The van der Waals surface area contributed by atoms with E-state index in [1.807, 2.05) is 6.92 Å². The molecule has 0 aromatic rings. The summed E-state index contributed by atoms with van der Waals surface area (Å²) in [5.74, 6) is 1.42. The van der Waals surface area contributed by atoms with Gasteiger partial charge in [0.2, 0.25) is 0 Å². The number of nitrogens with one attached hydrogen (secondary N) is 1. The minimum atomic E-state index is -4.15. The second-order valence-electron chi connectivity index (χ2n) is 6.16. The van der Waals surface area contributed by atoms with E-state index in [0.29, 0.717) is 32.1 Å². The third-order valence-corrected chi connectivity index (χ3v) is 3.94. The van der Waals surface area contributed by atoms with Crippen LogP contribution in [0.25, 0.3) is 0 Å². The number of piperazine rings is 1. The van der Waals surface area contributed by atoms with E-state index in [2.05, 4.69) is 29.1 Å². The number of halogens is 4. The largest absolute Gasteiger partial charge is 0.403 e. The first-order chi connectivity index (χ1) is 10.3. The van der Waals surface area contributed by atoms with Crippen LogP contribution in [0.1, 0.15) is 34.1 Å². The van der Waals surface area contributed by atoms with Crippen molar-refractivity contribution in [1.82, 2.24) is 15.1 Å². The van der Waals surface area contributed by atoms with E-state index < -0.39 is 12.2 Å². The fourth-order valence-corrected chi connectivity index (χ4v) is 2.38. The molecule has 1 saturated heterocycles. The highest BCUT2D eigenvalue weighted by Gasteiger charge is 2.41. The first-order valence-corrected chi connectivity index (χ1v) is 8.09. The molecular weight excluding hydrogens is 420 g/mol. The molecule has 1 heterocycles. The predicted octanol–water partition coefficient (Wildman–Crippen LogP) is 3.18. The number of guanidine groups is 1. The fraction of sp³-hybridized carbons (Fsp3) is 0.933. The van der Waals surface area contributed by atoms with Gasteiger partial charge >= 0.3 is 6.18 Å². The quantitative estimate of drug-likeness (QED) is 0.397. The maximum absolute atomic E-state index is 12.8. The Bertz CT molecular complexity index is 353. The molecule has 0 radical (unpaired) electrons. The second-order valence-corrected chi connectivity index (χ2v) is 6.16. The van der Waals surface area contributed by atoms with Gasteiger partial charge in [-0.05, 0) is 26.2 Å². The standard InChI is InChI=1S/C15H29F3N4.HI/c1-5-19-14(20-7-6-12(2)3)22-10-8-21(9-11-22)13(4)15(16,17)18;/h12-13H,5-11H2,1-4H3,(H,19,20);1H. The van der Waals surface area contributed by atoms with Crippen LogP contribution in [0.5, 0.6) is 0 Å². The monoisotopic (exact) mass is 450 g/mol. The molecule has 8 heteroatoms. The summed E-state index contributed by atoms with van der Waals surface area (Å²) in [6.45, 7) is 11.0. The van der Waals surface area contributed by atoms with Crippen LogP contribution in [0.4, 0.5) is 13.2 Å². The van der Waals surface area contributed by atoms with Crippen LogP contribution in [-0.2, 0) is 0 Å². The summed E-state index contributed by atoms with van der Waals surface area (Å²) in [5, 5.41) is 3.24. The molecule has 4 nitrogen and oxygen atoms in total. The van der Waals surface area contributed by atoms with E-state index in [-0.39, 0.29) is 24.0 Å². The number of rotatable bonds is 5.